The van der Waals surface area contributed by atoms with Gasteiger partial charge in [0.05, 0.1) is 11.2 Å². The summed E-state index contributed by atoms with van der Waals surface area (Å²) in [5.41, 5.74) is 13.3. The van der Waals surface area contributed by atoms with Crippen LogP contribution in [0.5, 0.6) is 0 Å². The Hall–Kier alpha value is -6.38. The summed E-state index contributed by atoms with van der Waals surface area (Å²) >= 11 is 0. The average Bonchev–Trinajstić information content (AvgIpc) is 3.19. The van der Waals surface area contributed by atoms with E-state index in [2.05, 4.69) is 151 Å². The molecular formula is C48H32N2. The molecule has 7 aromatic carbocycles. The van der Waals surface area contributed by atoms with Crippen molar-refractivity contribution in [3.8, 4) is 33.5 Å². The van der Waals surface area contributed by atoms with E-state index in [4.69, 9.17) is 4.98 Å². The van der Waals surface area contributed by atoms with E-state index in [1.165, 1.54) is 71.3 Å². The van der Waals surface area contributed by atoms with Crippen LogP contribution in [0.1, 0.15) is 23.1 Å². The van der Waals surface area contributed by atoms with Gasteiger partial charge in [-0.15, -0.1) is 0 Å². The number of hydrogen-bond donors (Lipinski definition) is 0. The number of benzene rings is 7. The molecule has 2 nitrogen and oxygen atoms in total. The van der Waals surface area contributed by atoms with Crippen LogP contribution in [0.3, 0.4) is 0 Å². The molecule has 0 bridgehead atoms. The van der Waals surface area contributed by atoms with Gasteiger partial charge in [0.2, 0.25) is 0 Å². The average molecular weight is 637 g/mol. The third-order valence-corrected chi connectivity index (χ3v) is 10.4. The topological polar surface area (TPSA) is 25.8 Å². The molecule has 2 heterocycles. The monoisotopic (exact) mass is 636 g/mol. The quantitative estimate of drug-likeness (QED) is 0.192. The van der Waals surface area contributed by atoms with Crippen LogP contribution in [0.4, 0.5) is 0 Å². The van der Waals surface area contributed by atoms with Crippen molar-refractivity contribution in [3.63, 3.8) is 0 Å². The third-order valence-electron chi connectivity index (χ3n) is 10.4. The molecule has 50 heavy (non-hydrogen) atoms. The van der Waals surface area contributed by atoms with Gasteiger partial charge in [-0.1, -0.05) is 127 Å². The van der Waals surface area contributed by atoms with Gasteiger partial charge in [-0.25, -0.2) is 0 Å². The fourth-order valence-electron chi connectivity index (χ4n) is 7.96. The highest BCUT2D eigenvalue weighted by Crippen LogP contribution is 2.47. The van der Waals surface area contributed by atoms with Crippen LogP contribution in [0.15, 0.2) is 164 Å². The zero-order valence-electron chi connectivity index (χ0n) is 27.5. The molecule has 1 aliphatic rings. The number of rotatable bonds is 4. The van der Waals surface area contributed by atoms with Crippen molar-refractivity contribution in [1.29, 1.82) is 0 Å². The highest BCUT2D eigenvalue weighted by atomic mass is 14.7. The van der Waals surface area contributed by atoms with E-state index in [0.717, 1.165) is 40.6 Å². The summed E-state index contributed by atoms with van der Waals surface area (Å²) in [4.78, 5) is 9.64. The lowest BCUT2D eigenvalue weighted by molar-refractivity contribution is 1.00. The lowest BCUT2D eigenvalue weighted by Crippen LogP contribution is -2.05. The first-order valence-electron chi connectivity index (χ1n) is 17.3. The molecule has 0 unspecified atom stereocenters. The molecule has 0 spiro atoms. The van der Waals surface area contributed by atoms with Crippen LogP contribution in [0.2, 0.25) is 0 Å². The second kappa shape index (κ2) is 11.6. The van der Waals surface area contributed by atoms with E-state index in [0.29, 0.717) is 0 Å². The summed E-state index contributed by atoms with van der Waals surface area (Å²) in [7, 11) is 0. The highest BCUT2D eigenvalue weighted by Gasteiger charge is 2.24. The van der Waals surface area contributed by atoms with Crippen LogP contribution in [-0.2, 0) is 6.42 Å². The largest absolute Gasteiger partial charge is 0.256 e. The number of nitrogens with zero attached hydrogens (tertiary/aromatic N) is 2. The Morgan fingerprint density at radius 2 is 0.960 bits per heavy atom. The SMILES string of the molecule is C1=C(c2ccc(-c3cnc4ccccc4c3)nc2)CCc2c1c(-c1ccc3ccccc3c1)c1ccccc1c2-c1ccc2ccccc2c1. The van der Waals surface area contributed by atoms with Gasteiger partial charge >= 0.3 is 0 Å². The fraction of sp³-hybridized carbons (Fsp3) is 0.0417. The minimum atomic E-state index is 0.935. The number of fused-ring (bicyclic) bond motifs is 5. The molecule has 0 atom stereocenters. The molecule has 0 fully saturated rings. The second-order valence-corrected chi connectivity index (χ2v) is 13.3. The van der Waals surface area contributed by atoms with Gasteiger partial charge in [0.25, 0.3) is 0 Å². The van der Waals surface area contributed by atoms with E-state index in [-0.39, 0.29) is 0 Å². The Morgan fingerprint density at radius 1 is 0.400 bits per heavy atom. The van der Waals surface area contributed by atoms with Gasteiger partial charge in [0, 0.05) is 23.3 Å². The molecule has 0 aliphatic heterocycles. The van der Waals surface area contributed by atoms with Gasteiger partial charge in [-0.2, -0.15) is 0 Å². The Balaban J connectivity index is 1.18. The molecule has 0 N–H and O–H groups in total. The van der Waals surface area contributed by atoms with Crippen molar-refractivity contribution in [3.05, 3.63) is 181 Å². The minimum Gasteiger partial charge on any atom is -0.256 e. The second-order valence-electron chi connectivity index (χ2n) is 13.3. The maximum absolute atomic E-state index is 4.96. The van der Waals surface area contributed by atoms with Gasteiger partial charge in [-0.3, -0.25) is 9.97 Å². The molecule has 0 amide bonds. The summed E-state index contributed by atoms with van der Waals surface area (Å²) < 4.78 is 0. The van der Waals surface area contributed by atoms with Gasteiger partial charge in [0.15, 0.2) is 0 Å². The van der Waals surface area contributed by atoms with Crippen molar-refractivity contribution >= 4 is 54.9 Å². The van der Waals surface area contributed by atoms with E-state index < -0.39 is 0 Å². The van der Waals surface area contributed by atoms with Crippen LogP contribution in [-0.4, -0.2) is 9.97 Å². The predicted octanol–water partition coefficient (Wildman–Crippen LogP) is 12.6. The molecule has 0 saturated heterocycles. The number of pyridine rings is 2. The molecule has 10 rings (SSSR count). The van der Waals surface area contributed by atoms with Crippen molar-refractivity contribution in [2.75, 3.05) is 0 Å². The summed E-state index contributed by atoms with van der Waals surface area (Å²) in [6.07, 6.45) is 8.32. The molecule has 2 heteroatoms. The van der Waals surface area contributed by atoms with E-state index in [1.807, 2.05) is 24.5 Å². The van der Waals surface area contributed by atoms with E-state index in [9.17, 15) is 0 Å². The first-order chi connectivity index (χ1) is 24.8. The maximum atomic E-state index is 4.96. The molecule has 234 valence electrons. The molecule has 2 aromatic heterocycles. The Labute approximate surface area is 291 Å². The summed E-state index contributed by atoms with van der Waals surface area (Å²) in [5, 5.41) is 8.74. The van der Waals surface area contributed by atoms with Crippen LogP contribution in [0, 0.1) is 0 Å². The van der Waals surface area contributed by atoms with E-state index >= 15 is 0 Å². The van der Waals surface area contributed by atoms with Crippen LogP contribution >= 0.6 is 0 Å². The first kappa shape index (κ1) is 28.6. The molecular weight excluding hydrogens is 605 g/mol. The normalized spacial score (nSPS) is 12.8. The minimum absolute atomic E-state index is 0.935. The molecule has 9 aromatic rings. The zero-order valence-corrected chi connectivity index (χ0v) is 27.5. The Bertz CT molecular complexity index is 2810. The maximum Gasteiger partial charge on any atom is 0.0718 e. The fourth-order valence-corrected chi connectivity index (χ4v) is 7.96. The highest BCUT2D eigenvalue weighted by molar-refractivity contribution is 6.12. The molecule has 1 aliphatic carbocycles. The standard InChI is InChI=1S/C48H32N2/c1-3-11-33-25-37(19-17-31(33)9-1)47-41-14-6-7-15-42(41)48(38-20-18-32-10-2-4-12-34(32)26-38)44-28-35(21-23-43(44)47)39-22-24-46(49-29-39)40-27-36-13-5-8-16-45(36)50-30-40/h1-20,22,24-30H,21,23H2. The lowest BCUT2D eigenvalue weighted by Gasteiger charge is -2.26. The van der Waals surface area contributed by atoms with Crippen molar-refractivity contribution in [1.82, 2.24) is 9.97 Å². The number of para-hydroxylation sites is 1. The smallest absolute Gasteiger partial charge is 0.0718 e. The summed E-state index contributed by atoms with van der Waals surface area (Å²) in [6, 6.07) is 55.0. The van der Waals surface area contributed by atoms with Gasteiger partial charge in [0.1, 0.15) is 0 Å². The Kier molecular flexibility index (Phi) is 6.67. The van der Waals surface area contributed by atoms with Crippen molar-refractivity contribution in [2.45, 2.75) is 12.8 Å². The number of aromatic nitrogens is 2. The number of allylic oxidation sites excluding steroid dienone is 1. The van der Waals surface area contributed by atoms with Crippen LogP contribution in [0.25, 0.3) is 88.4 Å². The number of hydrogen-bond acceptors (Lipinski definition) is 2. The molecule has 0 saturated carbocycles. The van der Waals surface area contributed by atoms with E-state index in [1.54, 1.807) is 0 Å². The Morgan fingerprint density at radius 3 is 1.66 bits per heavy atom. The predicted molar refractivity (Wildman–Crippen MR) is 211 cm³/mol. The third kappa shape index (κ3) is 4.80. The van der Waals surface area contributed by atoms with Gasteiger partial charge in [-0.05, 0) is 120 Å². The van der Waals surface area contributed by atoms with Crippen molar-refractivity contribution in [2.24, 2.45) is 0 Å². The summed E-state index contributed by atoms with van der Waals surface area (Å²) in [5.74, 6) is 0. The summed E-state index contributed by atoms with van der Waals surface area (Å²) in [6.45, 7) is 0. The zero-order chi connectivity index (χ0) is 33.0. The van der Waals surface area contributed by atoms with Gasteiger partial charge < -0.3 is 0 Å². The van der Waals surface area contributed by atoms with Crippen molar-refractivity contribution < 1.29 is 0 Å². The first-order valence-corrected chi connectivity index (χ1v) is 17.3. The lowest BCUT2D eigenvalue weighted by atomic mass is 9.77. The molecule has 0 radical (unpaired) electrons. The van der Waals surface area contributed by atoms with Crippen LogP contribution < -0.4 is 0 Å².